The summed E-state index contributed by atoms with van der Waals surface area (Å²) in [5.74, 6) is 0.405. The van der Waals surface area contributed by atoms with Gasteiger partial charge < -0.3 is 5.32 Å². The molecule has 1 amide bonds. The Morgan fingerprint density at radius 1 is 1.32 bits per heavy atom. The number of rotatable bonds is 1. The molecule has 102 valence electrons. The Kier molecular flexibility index (Phi) is 3.43. The molecule has 1 aliphatic heterocycles. The second kappa shape index (κ2) is 4.63. The summed E-state index contributed by atoms with van der Waals surface area (Å²) < 4.78 is 0.883. The van der Waals surface area contributed by atoms with E-state index in [1.165, 1.54) is 0 Å². The summed E-state index contributed by atoms with van der Waals surface area (Å²) in [7, 11) is 0. The molecule has 0 aromatic heterocycles. The molecule has 1 aromatic rings. The van der Waals surface area contributed by atoms with Gasteiger partial charge in [0.2, 0.25) is 0 Å². The molecule has 5 heteroatoms. The zero-order valence-corrected chi connectivity index (χ0v) is 13.1. The lowest BCUT2D eigenvalue weighted by Crippen LogP contribution is -2.47. The van der Waals surface area contributed by atoms with Crippen LogP contribution in [0.4, 0.5) is 0 Å². The summed E-state index contributed by atoms with van der Waals surface area (Å²) in [6.45, 7) is 7.89. The Morgan fingerprint density at radius 3 is 2.53 bits per heavy atom. The number of hydrogen-bond donors (Lipinski definition) is 2. The van der Waals surface area contributed by atoms with Crippen molar-refractivity contribution in [3.05, 3.63) is 34.3 Å². The van der Waals surface area contributed by atoms with Crippen molar-refractivity contribution in [1.82, 2.24) is 10.6 Å². The van der Waals surface area contributed by atoms with Gasteiger partial charge >= 0.3 is 0 Å². The zero-order valence-electron chi connectivity index (χ0n) is 11.5. The second-order valence-electron chi connectivity index (χ2n) is 5.84. The molecule has 0 aliphatic carbocycles. The summed E-state index contributed by atoms with van der Waals surface area (Å²) in [6, 6.07) is 7.65. The smallest absolute Gasteiger partial charge is 0.259 e. The van der Waals surface area contributed by atoms with Crippen LogP contribution >= 0.6 is 15.9 Å². The summed E-state index contributed by atoms with van der Waals surface area (Å²) >= 11 is 3.48. The van der Waals surface area contributed by atoms with Crippen LogP contribution in [0.25, 0.3) is 0 Å². The number of hydrogen-bond acceptors (Lipinski definition) is 3. The van der Waals surface area contributed by atoms with Gasteiger partial charge in [-0.05, 0) is 33.8 Å². The van der Waals surface area contributed by atoms with Crippen LogP contribution in [0.3, 0.4) is 0 Å². The van der Waals surface area contributed by atoms with E-state index in [1.54, 1.807) is 0 Å². The highest BCUT2D eigenvalue weighted by molar-refractivity contribution is 9.10. The van der Waals surface area contributed by atoms with E-state index in [9.17, 15) is 4.79 Å². The minimum absolute atomic E-state index is 0.119. The summed E-state index contributed by atoms with van der Waals surface area (Å²) in [5.41, 5.74) is -0.183. The topological polar surface area (TPSA) is 53.5 Å². The second-order valence-corrected chi connectivity index (χ2v) is 6.70. The summed E-state index contributed by atoms with van der Waals surface area (Å²) in [6.07, 6.45) is 0. The number of carbonyl (C=O) groups excluding carboxylic acids is 1. The van der Waals surface area contributed by atoms with Crippen molar-refractivity contribution in [2.45, 2.75) is 38.8 Å². The van der Waals surface area contributed by atoms with Gasteiger partial charge in [0, 0.05) is 15.6 Å². The predicted molar refractivity (Wildman–Crippen MR) is 80.0 cm³/mol. The van der Waals surface area contributed by atoms with E-state index in [2.05, 4.69) is 31.6 Å². The molecule has 0 radical (unpaired) electrons. The maximum atomic E-state index is 12.3. The van der Waals surface area contributed by atoms with Gasteiger partial charge in [0.1, 0.15) is 0 Å². The van der Waals surface area contributed by atoms with Gasteiger partial charge in [0.25, 0.3) is 5.91 Å². The number of nitrogens with zero attached hydrogens (tertiary/aromatic N) is 1. The summed E-state index contributed by atoms with van der Waals surface area (Å²) in [5, 5.41) is 6.00. The van der Waals surface area contributed by atoms with Crippen molar-refractivity contribution in [3.8, 4) is 0 Å². The Morgan fingerprint density at radius 2 is 1.95 bits per heavy atom. The highest BCUT2D eigenvalue weighted by Crippen LogP contribution is 2.34. The number of amides is 1. The molecular weight excluding hydrogens is 306 g/mol. The van der Waals surface area contributed by atoms with E-state index in [0.717, 1.165) is 10.0 Å². The Hall–Kier alpha value is -1.36. The van der Waals surface area contributed by atoms with E-state index in [0.29, 0.717) is 5.96 Å². The van der Waals surface area contributed by atoms with Crippen LogP contribution in [0, 0.1) is 0 Å². The molecule has 1 heterocycles. The first-order valence-electron chi connectivity index (χ1n) is 6.17. The third-order valence-corrected chi connectivity index (χ3v) is 3.59. The van der Waals surface area contributed by atoms with Crippen LogP contribution in [0.5, 0.6) is 0 Å². The number of benzene rings is 1. The maximum Gasteiger partial charge on any atom is 0.259 e. The van der Waals surface area contributed by atoms with Crippen molar-refractivity contribution in [2.24, 2.45) is 4.99 Å². The monoisotopic (exact) mass is 323 g/mol. The SMILES string of the molecule is CC(C)(C)NC1=NC(C)(c2ccccc2Br)C(=O)N1. The summed E-state index contributed by atoms with van der Waals surface area (Å²) in [4.78, 5) is 16.8. The van der Waals surface area contributed by atoms with Crippen molar-refractivity contribution < 1.29 is 4.79 Å². The van der Waals surface area contributed by atoms with Crippen LogP contribution in [-0.4, -0.2) is 17.4 Å². The van der Waals surface area contributed by atoms with E-state index < -0.39 is 5.54 Å². The van der Waals surface area contributed by atoms with Crippen LogP contribution < -0.4 is 10.6 Å². The highest BCUT2D eigenvalue weighted by atomic mass is 79.9. The fraction of sp³-hybridized carbons (Fsp3) is 0.429. The normalized spacial score (nSPS) is 23.0. The molecule has 0 fully saturated rings. The molecule has 1 aromatic carbocycles. The first-order valence-corrected chi connectivity index (χ1v) is 6.96. The van der Waals surface area contributed by atoms with Gasteiger partial charge in [-0.15, -0.1) is 0 Å². The van der Waals surface area contributed by atoms with Gasteiger partial charge in [-0.3, -0.25) is 10.1 Å². The standard InChI is InChI=1S/C14H18BrN3O/c1-13(2,3)17-12-16-11(19)14(4,18-12)9-7-5-6-8-10(9)15/h5-8H,1-4H3,(H2,16,17,18,19). The maximum absolute atomic E-state index is 12.3. The average molecular weight is 324 g/mol. The first kappa shape index (κ1) is 14.1. The number of halogens is 1. The largest absolute Gasteiger partial charge is 0.351 e. The third-order valence-electron chi connectivity index (χ3n) is 2.90. The fourth-order valence-electron chi connectivity index (χ4n) is 1.98. The molecule has 1 unspecified atom stereocenters. The minimum Gasteiger partial charge on any atom is -0.351 e. The number of guanidine groups is 1. The molecule has 0 spiro atoms. The average Bonchev–Trinajstić information content (AvgIpc) is 2.52. The van der Waals surface area contributed by atoms with Gasteiger partial charge in [-0.25, -0.2) is 4.99 Å². The molecule has 0 saturated heterocycles. The van der Waals surface area contributed by atoms with Gasteiger partial charge in [0.05, 0.1) is 0 Å². The number of aliphatic imine (C=N–C) groups is 1. The van der Waals surface area contributed by atoms with Gasteiger partial charge in [-0.1, -0.05) is 34.1 Å². The predicted octanol–water partition coefficient (Wildman–Crippen LogP) is 2.54. The van der Waals surface area contributed by atoms with E-state index in [-0.39, 0.29) is 11.4 Å². The van der Waals surface area contributed by atoms with Crippen molar-refractivity contribution in [2.75, 3.05) is 0 Å². The fourth-order valence-corrected chi connectivity index (χ4v) is 2.66. The Bertz CT molecular complexity index is 548. The molecule has 0 saturated carbocycles. The van der Waals surface area contributed by atoms with Crippen molar-refractivity contribution >= 4 is 27.8 Å². The van der Waals surface area contributed by atoms with Crippen LogP contribution in [0.15, 0.2) is 33.7 Å². The lowest BCUT2D eigenvalue weighted by atomic mass is 9.93. The van der Waals surface area contributed by atoms with E-state index in [4.69, 9.17) is 0 Å². The van der Waals surface area contributed by atoms with E-state index >= 15 is 0 Å². The quantitative estimate of drug-likeness (QED) is 0.834. The molecular formula is C14H18BrN3O. The first-order chi connectivity index (χ1) is 8.72. The van der Waals surface area contributed by atoms with E-state index in [1.807, 2.05) is 52.0 Å². The Labute approximate surface area is 121 Å². The van der Waals surface area contributed by atoms with Crippen molar-refractivity contribution in [3.63, 3.8) is 0 Å². The van der Waals surface area contributed by atoms with Gasteiger partial charge in [-0.2, -0.15) is 0 Å². The van der Waals surface area contributed by atoms with Crippen LogP contribution in [0.1, 0.15) is 33.3 Å². The van der Waals surface area contributed by atoms with Crippen molar-refractivity contribution in [1.29, 1.82) is 0 Å². The zero-order chi connectivity index (χ0) is 14.3. The molecule has 1 atom stereocenters. The Balaban J connectivity index is 2.39. The lowest BCUT2D eigenvalue weighted by molar-refractivity contribution is -0.123. The molecule has 4 nitrogen and oxygen atoms in total. The molecule has 0 bridgehead atoms. The number of carbonyl (C=O) groups is 1. The highest BCUT2D eigenvalue weighted by Gasteiger charge is 2.42. The third kappa shape index (κ3) is 2.81. The molecule has 1 aliphatic rings. The molecule has 2 rings (SSSR count). The molecule has 19 heavy (non-hydrogen) atoms. The lowest BCUT2D eigenvalue weighted by Gasteiger charge is -2.21. The minimum atomic E-state index is -0.895. The number of nitrogens with one attached hydrogen (secondary N) is 2. The molecule has 2 N–H and O–H groups in total. The van der Waals surface area contributed by atoms with Crippen LogP contribution in [0.2, 0.25) is 0 Å². The van der Waals surface area contributed by atoms with Crippen LogP contribution in [-0.2, 0) is 10.3 Å². The van der Waals surface area contributed by atoms with Gasteiger partial charge in [0.15, 0.2) is 11.5 Å².